The van der Waals surface area contributed by atoms with Crippen LogP contribution >= 0.6 is 0 Å². The summed E-state index contributed by atoms with van der Waals surface area (Å²) < 4.78 is 33.6. The molecule has 1 N–H and O–H groups in total. The predicted octanol–water partition coefficient (Wildman–Crippen LogP) is 3.27. The van der Waals surface area contributed by atoms with Crippen molar-refractivity contribution < 1.29 is 22.7 Å². The molecular formula is C22H26N2O5S. The van der Waals surface area contributed by atoms with Crippen molar-refractivity contribution in [3.63, 3.8) is 0 Å². The monoisotopic (exact) mass is 430 g/mol. The number of esters is 1. The van der Waals surface area contributed by atoms with Gasteiger partial charge in [-0.05, 0) is 69.0 Å². The number of benzene rings is 2. The number of anilines is 1. The van der Waals surface area contributed by atoms with Gasteiger partial charge in [0.15, 0.2) is 6.10 Å². The van der Waals surface area contributed by atoms with E-state index in [0.29, 0.717) is 24.3 Å². The summed E-state index contributed by atoms with van der Waals surface area (Å²) in [6, 6.07) is 11.3. The zero-order valence-electron chi connectivity index (χ0n) is 17.3. The fourth-order valence-electron chi connectivity index (χ4n) is 3.41. The van der Waals surface area contributed by atoms with Crippen LogP contribution in [0.5, 0.6) is 0 Å². The molecule has 1 heterocycles. The van der Waals surface area contributed by atoms with Crippen LogP contribution in [0.1, 0.15) is 41.3 Å². The molecule has 7 nitrogen and oxygen atoms in total. The molecule has 1 fully saturated rings. The standard InChI is InChI=1S/C22H26N2O5S/c1-15-7-6-8-19(13-15)23-30(27,28)20-14-18(10-9-16(20)2)22(26)29-17(3)21(25)24-11-4-5-12-24/h6-10,13-14,17,23H,4-5,11-12H2,1-3H3. The summed E-state index contributed by atoms with van der Waals surface area (Å²) in [5.41, 5.74) is 1.92. The third-order valence-electron chi connectivity index (χ3n) is 5.03. The minimum atomic E-state index is -3.91. The first kappa shape index (κ1) is 21.8. The molecule has 3 rings (SSSR count). The van der Waals surface area contributed by atoms with Crippen molar-refractivity contribution in [3.05, 3.63) is 59.2 Å². The largest absolute Gasteiger partial charge is 0.449 e. The third kappa shape index (κ3) is 4.99. The highest BCUT2D eigenvalue weighted by Gasteiger charge is 2.27. The van der Waals surface area contributed by atoms with Crippen LogP contribution in [0, 0.1) is 13.8 Å². The van der Waals surface area contributed by atoms with E-state index in [9.17, 15) is 18.0 Å². The van der Waals surface area contributed by atoms with Gasteiger partial charge in [-0.1, -0.05) is 18.2 Å². The summed E-state index contributed by atoms with van der Waals surface area (Å²) in [7, 11) is -3.91. The molecule has 160 valence electrons. The minimum absolute atomic E-state index is 0.0167. The first-order chi connectivity index (χ1) is 14.2. The molecule has 0 aliphatic carbocycles. The van der Waals surface area contributed by atoms with Crippen LogP contribution in [0.3, 0.4) is 0 Å². The van der Waals surface area contributed by atoms with Gasteiger partial charge in [-0.2, -0.15) is 0 Å². The van der Waals surface area contributed by atoms with E-state index in [1.807, 2.05) is 13.0 Å². The fraction of sp³-hybridized carbons (Fsp3) is 0.364. The molecule has 1 aliphatic rings. The Kier molecular flexibility index (Phi) is 6.45. The molecule has 30 heavy (non-hydrogen) atoms. The van der Waals surface area contributed by atoms with Crippen molar-refractivity contribution in [2.75, 3.05) is 17.8 Å². The first-order valence-corrected chi connectivity index (χ1v) is 11.4. The molecule has 0 spiro atoms. The second-order valence-electron chi connectivity index (χ2n) is 7.54. The second kappa shape index (κ2) is 8.87. The van der Waals surface area contributed by atoms with Gasteiger partial charge in [-0.3, -0.25) is 9.52 Å². The highest BCUT2D eigenvalue weighted by molar-refractivity contribution is 7.92. The van der Waals surface area contributed by atoms with Crippen molar-refractivity contribution in [3.8, 4) is 0 Å². The van der Waals surface area contributed by atoms with Gasteiger partial charge in [0.2, 0.25) is 0 Å². The second-order valence-corrected chi connectivity index (χ2v) is 9.19. The van der Waals surface area contributed by atoms with Gasteiger partial charge in [0.1, 0.15) is 0 Å². The number of sulfonamides is 1. The van der Waals surface area contributed by atoms with Crippen LogP contribution in [0.4, 0.5) is 5.69 Å². The number of rotatable bonds is 6. The lowest BCUT2D eigenvalue weighted by Crippen LogP contribution is -2.38. The van der Waals surface area contributed by atoms with Gasteiger partial charge < -0.3 is 9.64 Å². The van der Waals surface area contributed by atoms with E-state index in [4.69, 9.17) is 4.74 Å². The molecule has 2 aromatic rings. The number of carbonyl (C=O) groups excluding carboxylic acids is 2. The number of hydrogen-bond acceptors (Lipinski definition) is 5. The van der Waals surface area contributed by atoms with Crippen molar-refractivity contribution in [1.29, 1.82) is 0 Å². The van der Waals surface area contributed by atoms with Crippen molar-refractivity contribution >= 4 is 27.6 Å². The zero-order valence-corrected chi connectivity index (χ0v) is 18.2. The molecule has 1 saturated heterocycles. The Morgan fingerprint density at radius 1 is 1.07 bits per heavy atom. The maximum absolute atomic E-state index is 12.9. The van der Waals surface area contributed by atoms with Crippen LogP contribution in [0.2, 0.25) is 0 Å². The Bertz CT molecular complexity index is 1060. The quantitative estimate of drug-likeness (QED) is 0.710. The normalized spacial score (nSPS) is 15.0. The topological polar surface area (TPSA) is 92.8 Å². The fourth-order valence-corrected chi connectivity index (χ4v) is 4.73. The Labute approximate surface area is 177 Å². The van der Waals surface area contributed by atoms with Crippen molar-refractivity contribution in [1.82, 2.24) is 4.90 Å². The van der Waals surface area contributed by atoms with E-state index in [-0.39, 0.29) is 16.4 Å². The molecule has 0 aromatic heterocycles. The Balaban J connectivity index is 1.78. The molecular weight excluding hydrogens is 404 g/mol. The van der Waals surface area contributed by atoms with Crippen molar-refractivity contribution in [2.45, 2.75) is 44.6 Å². The number of nitrogens with zero attached hydrogens (tertiary/aromatic N) is 1. The smallest absolute Gasteiger partial charge is 0.338 e. The van der Waals surface area contributed by atoms with E-state index < -0.39 is 22.1 Å². The number of aryl methyl sites for hydroxylation is 2. The lowest BCUT2D eigenvalue weighted by molar-refractivity contribution is -0.138. The summed E-state index contributed by atoms with van der Waals surface area (Å²) in [5.74, 6) is -0.969. The summed E-state index contributed by atoms with van der Waals surface area (Å²) in [6.07, 6.45) is 0.960. The summed E-state index contributed by atoms with van der Waals surface area (Å²) in [6.45, 7) is 6.38. The van der Waals surface area contributed by atoms with Gasteiger partial charge in [-0.25, -0.2) is 13.2 Å². The molecule has 0 saturated carbocycles. The molecule has 8 heteroatoms. The average Bonchev–Trinajstić information content (AvgIpc) is 3.21. The number of carbonyl (C=O) groups is 2. The van der Waals surface area contributed by atoms with Crippen LogP contribution in [-0.4, -0.2) is 44.4 Å². The first-order valence-electron chi connectivity index (χ1n) is 9.87. The molecule has 1 aliphatic heterocycles. The van der Waals surface area contributed by atoms with Crippen LogP contribution in [0.15, 0.2) is 47.4 Å². The van der Waals surface area contributed by atoms with E-state index >= 15 is 0 Å². The number of nitrogens with one attached hydrogen (secondary N) is 1. The summed E-state index contributed by atoms with van der Waals surface area (Å²) >= 11 is 0. The van der Waals surface area contributed by atoms with E-state index in [2.05, 4.69) is 4.72 Å². The number of amides is 1. The van der Waals surface area contributed by atoms with Gasteiger partial charge in [0.05, 0.1) is 10.5 Å². The van der Waals surface area contributed by atoms with Crippen LogP contribution in [-0.2, 0) is 19.6 Å². The van der Waals surface area contributed by atoms with Gasteiger partial charge >= 0.3 is 5.97 Å². The van der Waals surface area contributed by atoms with Gasteiger partial charge in [-0.15, -0.1) is 0 Å². The van der Waals surface area contributed by atoms with Crippen LogP contribution in [0.25, 0.3) is 0 Å². The molecule has 1 unspecified atom stereocenters. The number of likely N-dealkylation sites (tertiary alicyclic amines) is 1. The van der Waals surface area contributed by atoms with Crippen molar-refractivity contribution in [2.24, 2.45) is 0 Å². The maximum Gasteiger partial charge on any atom is 0.338 e. The Morgan fingerprint density at radius 3 is 2.43 bits per heavy atom. The summed E-state index contributed by atoms with van der Waals surface area (Å²) in [5, 5.41) is 0. The molecule has 0 bridgehead atoms. The van der Waals surface area contributed by atoms with Gasteiger partial charge in [0, 0.05) is 18.8 Å². The van der Waals surface area contributed by atoms with E-state index in [1.165, 1.54) is 19.1 Å². The number of hydrogen-bond donors (Lipinski definition) is 1. The summed E-state index contributed by atoms with van der Waals surface area (Å²) in [4.78, 5) is 26.6. The maximum atomic E-state index is 12.9. The molecule has 0 radical (unpaired) electrons. The van der Waals surface area contributed by atoms with E-state index in [0.717, 1.165) is 18.4 Å². The van der Waals surface area contributed by atoms with Crippen LogP contribution < -0.4 is 4.72 Å². The minimum Gasteiger partial charge on any atom is -0.449 e. The Hall–Kier alpha value is -2.87. The number of ether oxygens (including phenoxy) is 1. The third-order valence-corrected chi connectivity index (χ3v) is 6.56. The lowest BCUT2D eigenvalue weighted by Gasteiger charge is -2.20. The molecule has 2 aromatic carbocycles. The van der Waals surface area contributed by atoms with E-state index in [1.54, 1.807) is 36.1 Å². The highest BCUT2D eigenvalue weighted by atomic mass is 32.2. The molecule has 1 amide bonds. The molecule has 1 atom stereocenters. The SMILES string of the molecule is Cc1cccc(NS(=O)(=O)c2cc(C(=O)OC(C)C(=O)N3CCCC3)ccc2C)c1. The Morgan fingerprint density at radius 2 is 1.77 bits per heavy atom. The van der Waals surface area contributed by atoms with Gasteiger partial charge in [0.25, 0.3) is 15.9 Å². The lowest BCUT2D eigenvalue weighted by atomic mass is 10.1. The average molecular weight is 431 g/mol. The predicted molar refractivity (Wildman–Crippen MR) is 114 cm³/mol. The zero-order chi connectivity index (χ0) is 21.9. The highest BCUT2D eigenvalue weighted by Crippen LogP contribution is 2.22.